The fourth-order valence-corrected chi connectivity index (χ4v) is 1.93. The molecule has 2 rings (SSSR count). The van der Waals surface area contributed by atoms with Crippen LogP contribution in [0.2, 0.25) is 0 Å². The third-order valence-corrected chi connectivity index (χ3v) is 3.01. The maximum Gasteiger partial charge on any atom is 0.338 e. The first kappa shape index (κ1) is 18.7. The number of hydrogen-bond acceptors (Lipinski definition) is 6. The summed E-state index contributed by atoms with van der Waals surface area (Å²) in [6.07, 6.45) is 1.46. The lowest BCUT2D eigenvalue weighted by Crippen LogP contribution is -2.41. The molecular weight excluding hydrogens is 342 g/mol. The molecule has 0 saturated heterocycles. The molecule has 0 fully saturated rings. The quantitative estimate of drug-likeness (QED) is 0.670. The number of nitrogens with one attached hydrogen (secondary N) is 3. The minimum Gasteiger partial charge on any atom is -0.467 e. The van der Waals surface area contributed by atoms with Gasteiger partial charge in [0.05, 0.1) is 18.4 Å². The number of esters is 1. The topological polar surface area (TPSA) is 127 Å². The van der Waals surface area contributed by atoms with Crippen LogP contribution in [0.15, 0.2) is 47.1 Å². The van der Waals surface area contributed by atoms with Gasteiger partial charge >= 0.3 is 12.0 Å². The number of ether oxygens (including phenoxy) is 1. The van der Waals surface area contributed by atoms with E-state index in [1.54, 1.807) is 24.3 Å². The molecular formula is C17H17N3O6. The minimum atomic E-state index is -0.784. The molecule has 0 atom stereocenters. The summed E-state index contributed by atoms with van der Waals surface area (Å²) in [7, 11) is 0. The van der Waals surface area contributed by atoms with E-state index in [1.807, 2.05) is 5.32 Å². The van der Waals surface area contributed by atoms with Gasteiger partial charge in [0.1, 0.15) is 5.76 Å². The zero-order valence-electron chi connectivity index (χ0n) is 13.9. The second kappa shape index (κ2) is 9.02. The molecule has 1 aromatic carbocycles. The Morgan fingerprint density at radius 2 is 1.92 bits per heavy atom. The third kappa shape index (κ3) is 6.11. The van der Waals surface area contributed by atoms with Gasteiger partial charge in [-0.25, -0.2) is 9.59 Å². The molecule has 0 aliphatic heterocycles. The molecule has 9 nitrogen and oxygen atoms in total. The van der Waals surface area contributed by atoms with Crippen molar-refractivity contribution in [3.63, 3.8) is 0 Å². The van der Waals surface area contributed by atoms with Crippen molar-refractivity contribution in [3.8, 4) is 0 Å². The summed E-state index contributed by atoms with van der Waals surface area (Å²) in [5.41, 5.74) is 0.583. The highest BCUT2D eigenvalue weighted by Gasteiger charge is 2.13. The minimum absolute atomic E-state index is 0.113. The number of amides is 4. The predicted octanol–water partition coefficient (Wildman–Crippen LogP) is 1.42. The zero-order chi connectivity index (χ0) is 18.9. The number of anilines is 1. The molecule has 0 saturated carbocycles. The average Bonchev–Trinajstić information content (AvgIpc) is 3.11. The van der Waals surface area contributed by atoms with Gasteiger partial charge in [-0.3, -0.25) is 14.9 Å². The molecule has 136 valence electrons. The van der Waals surface area contributed by atoms with Crippen molar-refractivity contribution >= 4 is 29.5 Å². The van der Waals surface area contributed by atoms with E-state index in [0.29, 0.717) is 11.4 Å². The smallest absolute Gasteiger partial charge is 0.338 e. The Balaban J connectivity index is 1.76. The Morgan fingerprint density at radius 1 is 1.12 bits per heavy atom. The Morgan fingerprint density at radius 3 is 2.62 bits per heavy atom. The van der Waals surface area contributed by atoms with E-state index in [9.17, 15) is 19.2 Å². The van der Waals surface area contributed by atoms with Crippen molar-refractivity contribution in [2.75, 3.05) is 11.9 Å². The van der Waals surface area contributed by atoms with Gasteiger partial charge < -0.3 is 19.8 Å². The van der Waals surface area contributed by atoms with Crippen LogP contribution in [-0.4, -0.2) is 30.4 Å². The lowest BCUT2D eigenvalue weighted by Gasteiger charge is -2.08. The fraction of sp³-hybridized carbons (Fsp3) is 0.176. The van der Waals surface area contributed by atoms with E-state index < -0.39 is 24.5 Å². The molecule has 4 amide bonds. The standard InChI is InChI=1S/C17H17N3O6/c1-11(21)19-13-5-2-4-12(8-13)16(23)26-10-15(22)20-17(24)18-9-14-6-3-7-25-14/h2-8H,9-10H2,1H3,(H,19,21)(H2,18,20,22,24). The van der Waals surface area contributed by atoms with Crippen molar-refractivity contribution in [2.45, 2.75) is 13.5 Å². The molecule has 0 spiro atoms. The molecule has 0 bridgehead atoms. The largest absolute Gasteiger partial charge is 0.467 e. The highest BCUT2D eigenvalue weighted by molar-refractivity contribution is 5.97. The monoisotopic (exact) mass is 359 g/mol. The van der Waals surface area contributed by atoms with E-state index in [4.69, 9.17) is 9.15 Å². The van der Waals surface area contributed by atoms with Gasteiger partial charge in [-0.05, 0) is 30.3 Å². The van der Waals surface area contributed by atoms with Gasteiger partial charge in [-0.15, -0.1) is 0 Å². The van der Waals surface area contributed by atoms with E-state index >= 15 is 0 Å². The first-order chi connectivity index (χ1) is 12.4. The predicted molar refractivity (Wildman–Crippen MR) is 90.1 cm³/mol. The molecule has 9 heteroatoms. The number of carbonyl (C=O) groups excluding carboxylic acids is 4. The SMILES string of the molecule is CC(=O)Nc1cccc(C(=O)OCC(=O)NC(=O)NCc2ccco2)c1. The van der Waals surface area contributed by atoms with Gasteiger partial charge in [0.2, 0.25) is 5.91 Å². The van der Waals surface area contributed by atoms with Crippen LogP contribution in [0.4, 0.5) is 10.5 Å². The normalized spacial score (nSPS) is 9.88. The highest BCUT2D eigenvalue weighted by atomic mass is 16.5. The number of urea groups is 1. The maximum absolute atomic E-state index is 11.9. The summed E-state index contributed by atoms with van der Waals surface area (Å²) in [5.74, 6) is -1.30. The summed E-state index contributed by atoms with van der Waals surface area (Å²) < 4.78 is 9.87. The number of rotatable bonds is 6. The van der Waals surface area contributed by atoms with Gasteiger partial charge in [0, 0.05) is 12.6 Å². The van der Waals surface area contributed by atoms with E-state index in [1.165, 1.54) is 25.3 Å². The lowest BCUT2D eigenvalue weighted by molar-refractivity contribution is -0.123. The van der Waals surface area contributed by atoms with Crippen LogP contribution >= 0.6 is 0 Å². The third-order valence-electron chi connectivity index (χ3n) is 3.01. The zero-order valence-corrected chi connectivity index (χ0v) is 13.9. The van der Waals surface area contributed by atoms with Gasteiger partial charge in [0.15, 0.2) is 6.61 Å². The van der Waals surface area contributed by atoms with Crippen LogP contribution in [0.25, 0.3) is 0 Å². The second-order valence-corrected chi connectivity index (χ2v) is 5.15. The van der Waals surface area contributed by atoms with E-state index in [-0.39, 0.29) is 18.0 Å². The van der Waals surface area contributed by atoms with Crippen molar-refractivity contribution in [1.82, 2.24) is 10.6 Å². The molecule has 26 heavy (non-hydrogen) atoms. The van der Waals surface area contributed by atoms with Crippen molar-refractivity contribution < 1.29 is 28.3 Å². The Labute approximate surface area is 148 Å². The molecule has 0 radical (unpaired) electrons. The molecule has 1 heterocycles. The first-order valence-electron chi connectivity index (χ1n) is 7.59. The summed E-state index contributed by atoms with van der Waals surface area (Å²) in [6.45, 7) is 0.825. The Hall–Kier alpha value is -3.62. The molecule has 0 aliphatic carbocycles. The van der Waals surface area contributed by atoms with Crippen molar-refractivity contribution in [2.24, 2.45) is 0 Å². The van der Waals surface area contributed by atoms with Crippen molar-refractivity contribution in [1.29, 1.82) is 0 Å². The van der Waals surface area contributed by atoms with Gasteiger partial charge in [-0.1, -0.05) is 6.07 Å². The fourth-order valence-electron chi connectivity index (χ4n) is 1.93. The number of carbonyl (C=O) groups is 4. The van der Waals surface area contributed by atoms with Crippen LogP contribution in [0.5, 0.6) is 0 Å². The molecule has 1 aromatic heterocycles. The van der Waals surface area contributed by atoms with Gasteiger partial charge in [0.25, 0.3) is 5.91 Å². The number of benzene rings is 1. The van der Waals surface area contributed by atoms with E-state index in [2.05, 4.69) is 10.6 Å². The molecule has 0 aliphatic rings. The number of hydrogen-bond donors (Lipinski definition) is 3. The molecule has 2 aromatic rings. The molecule has 0 unspecified atom stereocenters. The van der Waals surface area contributed by atoms with Crippen LogP contribution in [0.1, 0.15) is 23.0 Å². The Kier molecular flexibility index (Phi) is 6.49. The van der Waals surface area contributed by atoms with Crippen LogP contribution < -0.4 is 16.0 Å². The summed E-state index contributed by atoms with van der Waals surface area (Å²) >= 11 is 0. The lowest BCUT2D eigenvalue weighted by atomic mass is 10.2. The maximum atomic E-state index is 11.9. The van der Waals surface area contributed by atoms with Crippen LogP contribution in [0, 0.1) is 0 Å². The van der Waals surface area contributed by atoms with E-state index in [0.717, 1.165) is 0 Å². The molecule has 3 N–H and O–H groups in total. The first-order valence-corrected chi connectivity index (χ1v) is 7.59. The number of imide groups is 1. The second-order valence-electron chi connectivity index (χ2n) is 5.15. The summed E-state index contributed by atoms with van der Waals surface area (Å²) in [6, 6.07) is 8.65. The highest BCUT2D eigenvalue weighted by Crippen LogP contribution is 2.11. The summed E-state index contributed by atoms with van der Waals surface area (Å²) in [5, 5.41) is 6.97. The van der Waals surface area contributed by atoms with Crippen LogP contribution in [0.3, 0.4) is 0 Å². The average molecular weight is 359 g/mol. The summed E-state index contributed by atoms with van der Waals surface area (Å²) in [4.78, 5) is 46.1. The van der Waals surface area contributed by atoms with Gasteiger partial charge in [-0.2, -0.15) is 0 Å². The van der Waals surface area contributed by atoms with Crippen molar-refractivity contribution in [3.05, 3.63) is 54.0 Å². The van der Waals surface area contributed by atoms with Crippen LogP contribution in [-0.2, 0) is 20.9 Å². The Bertz CT molecular complexity index is 801. The number of furan rings is 1.